The average molecular weight is 335 g/mol. The van der Waals surface area contributed by atoms with Gasteiger partial charge in [-0.25, -0.2) is 4.39 Å². The minimum absolute atomic E-state index is 0.0692. The third-order valence-corrected chi connectivity index (χ3v) is 3.76. The van der Waals surface area contributed by atoms with Crippen LogP contribution >= 0.6 is 15.9 Å². The summed E-state index contributed by atoms with van der Waals surface area (Å²) in [6, 6.07) is 11.5. The zero-order valence-corrected chi connectivity index (χ0v) is 12.1. The van der Waals surface area contributed by atoms with E-state index in [2.05, 4.69) is 26.6 Å². The van der Waals surface area contributed by atoms with E-state index in [1.165, 1.54) is 12.1 Å². The second-order valence-corrected chi connectivity index (χ2v) is 5.58. The van der Waals surface area contributed by atoms with Gasteiger partial charge >= 0.3 is 0 Å². The predicted molar refractivity (Wildman–Crippen MR) is 78.8 cm³/mol. The molecule has 0 radical (unpaired) electrons. The number of hydrogen-bond acceptors (Lipinski definition) is 2. The van der Waals surface area contributed by atoms with Gasteiger partial charge in [-0.1, -0.05) is 28.1 Å². The second kappa shape index (κ2) is 5.34. The quantitative estimate of drug-likeness (QED) is 0.903. The molecule has 1 aliphatic rings. The summed E-state index contributed by atoms with van der Waals surface area (Å²) < 4.78 is 13.8. The molecule has 0 spiro atoms. The number of amides is 1. The number of benzene rings is 2. The van der Waals surface area contributed by atoms with Crippen LogP contribution in [-0.4, -0.2) is 5.91 Å². The van der Waals surface area contributed by atoms with Crippen LogP contribution in [0.5, 0.6) is 0 Å². The first-order chi connectivity index (χ1) is 9.63. The maximum Gasteiger partial charge on any atom is 0.246 e. The van der Waals surface area contributed by atoms with E-state index in [4.69, 9.17) is 0 Å². The molecule has 1 aliphatic heterocycles. The maximum absolute atomic E-state index is 12.8. The zero-order chi connectivity index (χ0) is 14.1. The molecule has 102 valence electrons. The van der Waals surface area contributed by atoms with Gasteiger partial charge in [-0.3, -0.25) is 10.1 Å². The van der Waals surface area contributed by atoms with E-state index in [0.29, 0.717) is 6.54 Å². The molecular formula is C15H12BrFN2O. The maximum atomic E-state index is 12.8. The molecule has 20 heavy (non-hydrogen) atoms. The Morgan fingerprint density at radius 1 is 1.20 bits per heavy atom. The fraction of sp³-hybridized carbons (Fsp3) is 0.133. The van der Waals surface area contributed by atoms with E-state index in [-0.39, 0.29) is 17.8 Å². The first-order valence-electron chi connectivity index (χ1n) is 6.21. The molecule has 3 nitrogen and oxygen atoms in total. The molecule has 1 atom stereocenters. The normalized spacial score (nSPS) is 16.9. The lowest BCUT2D eigenvalue weighted by Gasteiger charge is -2.11. The van der Waals surface area contributed by atoms with Gasteiger partial charge in [0, 0.05) is 22.3 Å². The predicted octanol–water partition coefficient (Wildman–Crippen LogP) is 3.37. The monoisotopic (exact) mass is 334 g/mol. The summed E-state index contributed by atoms with van der Waals surface area (Å²) in [7, 11) is 0. The van der Waals surface area contributed by atoms with E-state index in [1.807, 2.05) is 18.2 Å². The molecule has 1 heterocycles. The number of carbonyl (C=O) groups excluding carboxylic acids is 1. The Bertz CT molecular complexity index is 657. The Morgan fingerprint density at radius 3 is 2.70 bits per heavy atom. The van der Waals surface area contributed by atoms with Crippen molar-refractivity contribution >= 4 is 27.5 Å². The molecule has 1 amide bonds. The van der Waals surface area contributed by atoms with Gasteiger partial charge in [-0.05, 0) is 35.9 Å². The van der Waals surface area contributed by atoms with Crippen molar-refractivity contribution in [2.45, 2.75) is 12.6 Å². The molecule has 0 bridgehead atoms. The van der Waals surface area contributed by atoms with E-state index >= 15 is 0 Å². The highest BCUT2D eigenvalue weighted by Crippen LogP contribution is 2.33. The summed E-state index contributed by atoms with van der Waals surface area (Å²) >= 11 is 3.41. The topological polar surface area (TPSA) is 41.1 Å². The van der Waals surface area contributed by atoms with Crippen LogP contribution in [-0.2, 0) is 11.3 Å². The second-order valence-electron chi connectivity index (χ2n) is 4.66. The van der Waals surface area contributed by atoms with Crippen LogP contribution in [0.3, 0.4) is 0 Å². The molecule has 2 aromatic carbocycles. The minimum atomic E-state index is -0.382. The van der Waals surface area contributed by atoms with Gasteiger partial charge in [0.15, 0.2) is 0 Å². The summed E-state index contributed by atoms with van der Waals surface area (Å²) in [4.78, 5) is 12.0. The molecule has 3 rings (SSSR count). The number of carbonyl (C=O) groups is 1. The lowest BCUT2D eigenvalue weighted by molar-refractivity contribution is -0.117. The molecule has 2 N–H and O–H groups in total. The highest BCUT2D eigenvalue weighted by atomic mass is 79.9. The van der Waals surface area contributed by atoms with Crippen LogP contribution in [0.15, 0.2) is 46.9 Å². The summed E-state index contributed by atoms with van der Waals surface area (Å²) in [5.41, 5.74) is 2.68. The van der Waals surface area contributed by atoms with Crippen LogP contribution < -0.4 is 10.6 Å². The van der Waals surface area contributed by atoms with Crippen molar-refractivity contribution in [1.29, 1.82) is 0 Å². The lowest BCUT2D eigenvalue weighted by Crippen LogP contribution is -2.27. The molecule has 2 aromatic rings. The molecule has 5 heteroatoms. The van der Waals surface area contributed by atoms with Crippen molar-refractivity contribution in [3.63, 3.8) is 0 Å². The summed E-state index contributed by atoms with van der Waals surface area (Å²) in [6.45, 7) is 0.504. The van der Waals surface area contributed by atoms with Gasteiger partial charge in [-0.15, -0.1) is 0 Å². The lowest BCUT2D eigenvalue weighted by atomic mass is 10.1. The third kappa shape index (κ3) is 2.59. The summed E-state index contributed by atoms with van der Waals surface area (Å²) in [5.74, 6) is -0.332. The van der Waals surface area contributed by atoms with Crippen LogP contribution in [0.2, 0.25) is 0 Å². The fourth-order valence-electron chi connectivity index (χ4n) is 2.26. The Kier molecular flexibility index (Phi) is 3.54. The molecule has 0 aliphatic carbocycles. The number of rotatable bonds is 3. The van der Waals surface area contributed by atoms with Crippen molar-refractivity contribution < 1.29 is 9.18 Å². The minimum Gasteiger partial charge on any atom is -0.324 e. The van der Waals surface area contributed by atoms with E-state index in [0.717, 1.165) is 21.3 Å². The smallest absolute Gasteiger partial charge is 0.246 e. The van der Waals surface area contributed by atoms with Crippen LogP contribution in [0.1, 0.15) is 17.2 Å². The van der Waals surface area contributed by atoms with Crippen LogP contribution in [0.25, 0.3) is 0 Å². The average Bonchev–Trinajstić information content (AvgIpc) is 2.73. The fourth-order valence-corrected chi connectivity index (χ4v) is 2.64. The molecule has 1 unspecified atom stereocenters. The van der Waals surface area contributed by atoms with Gasteiger partial charge < -0.3 is 5.32 Å². The van der Waals surface area contributed by atoms with Crippen molar-refractivity contribution in [2.24, 2.45) is 0 Å². The Morgan fingerprint density at radius 2 is 1.95 bits per heavy atom. The summed E-state index contributed by atoms with van der Waals surface area (Å²) in [5, 5.41) is 6.03. The molecule has 0 saturated heterocycles. The van der Waals surface area contributed by atoms with Crippen molar-refractivity contribution in [3.05, 3.63) is 63.9 Å². The van der Waals surface area contributed by atoms with Gasteiger partial charge in [0.05, 0.1) is 0 Å². The third-order valence-electron chi connectivity index (χ3n) is 3.27. The van der Waals surface area contributed by atoms with E-state index < -0.39 is 0 Å². The van der Waals surface area contributed by atoms with Crippen molar-refractivity contribution in [2.75, 3.05) is 5.32 Å². The highest BCUT2D eigenvalue weighted by molar-refractivity contribution is 9.10. The van der Waals surface area contributed by atoms with Gasteiger partial charge in [0.1, 0.15) is 11.9 Å². The largest absolute Gasteiger partial charge is 0.324 e. The van der Waals surface area contributed by atoms with Crippen LogP contribution in [0.4, 0.5) is 10.1 Å². The zero-order valence-electron chi connectivity index (χ0n) is 10.5. The van der Waals surface area contributed by atoms with Gasteiger partial charge in [-0.2, -0.15) is 0 Å². The van der Waals surface area contributed by atoms with Gasteiger partial charge in [0.25, 0.3) is 0 Å². The molecule has 0 aromatic heterocycles. The Balaban J connectivity index is 1.76. The standard InChI is InChI=1S/C15H12BrFN2O/c16-10-3-6-13-12(7-10)14(15(20)19-13)18-8-9-1-4-11(17)5-2-9/h1-7,14,18H,8H2,(H,19,20). The number of hydrogen-bond donors (Lipinski definition) is 2. The Hall–Kier alpha value is -1.72. The van der Waals surface area contributed by atoms with E-state index in [9.17, 15) is 9.18 Å². The first-order valence-corrected chi connectivity index (χ1v) is 7.01. The SMILES string of the molecule is O=C1Nc2ccc(Br)cc2C1NCc1ccc(F)cc1. The summed E-state index contributed by atoms with van der Waals surface area (Å²) in [6.07, 6.45) is 0. The van der Waals surface area contributed by atoms with E-state index in [1.54, 1.807) is 12.1 Å². The number of anilines is 1. The Labute approximate surface area is 124 Å². The molecule has 0 saturated carbocycles. The molecule has 0 fully saturated rings. The number of halogens is 2. The first kappa shape index (κ1) is 13.3. The highest BCUT2D eigenvalue weighted by Gasteiger charge is 2.29. The van der Waals surface area contributed by atoms with Gasteiger partial charge in [0.2, 0.25) is 5.91 Å². The molecular weight excluding hydrogens is 323 g/mol. The number of fused-ring (bicyclic) bond motifs is 1. The number of nitrogens with one attached hydrogen (secondary N) is 2. The van der Waals surface area contributed by atoms with Crippen molar-refractivity contribution in [1.82, 2.24) is 5.32 Å². The van der Waals surface area contributed by atoms with Crippen LogP contribution in [0, 0.1) is 5.82 Å². The van der Waals surface area contributed by atoms with Crippen molar-refractivity contribution in [3.8, 4) is 0 Å².